The van der Waals surface area contributed by atoms with E-state index in [-0.39, 0.29) is 30.0 Å². The molecule has 1 aromatic carbocycles. The van der Waals surface area contributed by atoms with Gasteiger partial charge in [-0.25, -0.2) is 4.79 Å². The average molecular weight is 507 g/mol. The molecule has 1 heterocycles. The van der Waals surface area contributed by atoms with Crippen molar-refractivity contribution in [2.24, 2.45) is 11.8 Å². The lowest BCUT2D eigenvalue weighted by Gasteiger charge is -2.38. The SMILES string of the molecule is CNCC(CC1CCCCC1)NC(=O)N1CCC[C@@H]([C@@H](OCCC(=O)NC)c2cccc(Cl)c2)C1. The van der Waals surface area contributed by atoms with Crippen LogP contribution in [0.2, 0.25) is 5.02 Å². The molecule has 196 valence electrons. The van der Waals surface area contributed by atoms with Gasteiger partial charge in [-0.1, -0.05) is 55.8 Å². The maximum Gasteiger partial charge on any atom is 0.317 e. The Morgan fingerprint density at radius 3 is 2.66 bits per heavy atom. The van der Waals surface area contributed by atoms with Gasteiger partial charge in [0.2, 0.25) is 5.91 Å². The zero-order valence-corrected chi connectivity index (χ0v) is 22.1. The second kappa shape index (κ2) is 14.7. The monoisotopic (exact) mass is 506 g/mol. The molecule has 0 aromatic heterocycles. The first-order chi connectivity index (χ1) is 17.0. The predicted molar refractivity (Wildman–Crippen MR) is 141 cm³/mol. The van der Waals surface area contributed by atoms with E-state index in [1.54, 1.807) is 7.05 Å². The molecule has 0 spiro atoms. The molecule has 8 heteroatoms. The van der Waals surface area contributed by atoms with Crippen molar-refractivity contribution < 1.29 is 14.3 Å². The summed E-state index contributed by atoms with van der Waals surface area (Å²) in [5, 5.41) is 9.87. The largest absolute Gasteiger partial charge is 0.373 e. The summed E-state index contributed by atoms with van der Waals surface area (Å²) < 4.78 is 6.26. The number of carbonyl (C=O) groups excluding carboxylic acids is 2. The Labute approximate surface area is 215 Å². The molecule has 7 nitrogen and oxygen atoms in total. The minimum absolute atomic E-state index is 0.0148. The highest BCUT2D eigenvalue weighted by Gasteiger charge is 2.32. The lowest BCUT2D eigenvalue weighted by molar-refractivity contribution is -0.122. The summed E-state index contributed by atoms with van der Waals surface area (Å²) in [5.41, 5.74) is 0.993. The Morgan fingerprint density at radius 1 is 1.14 bits per heavy atom. The van der Waals surface area contributed by atoms with E-state index in [0.29, 0.717) is 30.5 Å². The van der Waals surface area contributed by atoms with E-state index in [9.17, 15) is 9.59 Å². The molecule has 0 radical (unpaired) electrons. The summed E-state index contributed by atoms with van der Waals surface area (Å²) in [7, 11) is 3.58. The number of urea groups is 1. The quantitative estimate of drug-likeness (QED) is 0.412. The topological polar surface area (TPSA) is 82.7 Å². The number of nitrogens with one attached hydrogen (secondary N) is 3. The maximum absolute atomic E-state index is 13.3. The number of likely N-dealkylation sites (tertiary alicyclic amines) is 1. The number of hydrogen-bond donors (Lipinski definition) is 3. The van der Waals surface area contributed by atoms with Crippen LogP contribution in [-0.2, 0) is 9.53 Å². The van der Waals surface area contributed by atoms with Crippen molar-refractivity contribution in [2.75, 3.05) is 40.3 Å². The van der Waals surface area contributed by atoms with Crippen molar-refractivity contribution in [1.82, 2.24) is 20.9 Å². The number of benzene rings is 1. The highest BCUT2D eigenvalue weighted by Crippen LogP contribution is 2.34. The van der Waals surface area contributed by atoms with Crippen LogP contribution in [0, 0.1) is 11.8 Å². The number of carbonyl (C=O) groups is 2. The summed E-state index contributed by atoms with van der Waals surface area (Å²) in [6.45, 7) is 2.48. The van der Waals surface area contributed by atoms with Crippen molar-refractivity contribution >= 4 is 23.5 Å². The Bertz CT molecular complexity index is 802. The minimum Gasteiger partial charge on any atom is -0.373 e. The third kappa shape index (κ3) is 8.96. The highest BCUT2D eigenvalue weighted by molar-refractivity contribution is 6.30. The fourth-order valence-electron chi connectivity index (χ4n) is 5.56. The molecule has 3 N–H and O–H groups in total. The smallest absolute Gasteiger partial charge is 0.317 e. The summed E-state index contributed by atoms with van der Waals surface area (Å²) in [6.07, 6.45) is 9.52. The summed E-state index contributed by atoms with van der Waals surface area (Å²) >= 11 is 6.28. The lowest BCUT2D eigenvalue weighted by Crippen LogP contribution is -2.52. The number of ether oxygens (including phenoxy) is 1. The first kappa shape index (κ1) is 27.8. The first-order valence-electron chi connectivity index (χ1n) is 13.3. The standard InChI is InChI=1S/C27H43ClN4O3/c1-29-18-24(16-20-8-4-3-5-9-20)31-27(34)32-14-7-11-22(19-32)26(35-15-13-25(33)30-2)21-10-6-12-23(28)17-21/h6,10,12,17,20,22,24,26,29H,3-5,7-9,11,13-16,18-19H2,1-2H3,(H,30,33)(H,31,34)/t22-,24?,26+/m1/s1. The molecule has 1 saturated carbocycles. The van der Waals surface area contributed by atoms with Crippen molar-refractivity contribution in [1.29, 1.82) is 0 Å². The Kier molecular flexibility index (Phi) is 11.6. The normalized spacial score (nSPS) is 20.8. The van der Waals surface area contributed by atoms with Crippen LogP contribution in [0.25, 0.3) is 0 Å². The van der Waals surface area contributed by atoms with Gasteiger partial charge in [0.25, 0.3) is 0 Å². The molecule has 1 aliphatic heterocycles. The molecule has 1 aromatic rings. The van der Waals surface area contributed by atoms with E-state index in [1.807, 2.05) is 36.2 Å². The zero-order chi connectivity index (χ0) is 25.0. The fourth-order valence-corrected chi connectivity index (χ4v) is 5.76. The molecule has 1 aliphatic carbocycles. The molecular weight excluding hydrogens is 464 g/mol. The van der Waals surface area contributed by atoms with Crippen molar-refractivity contribution in [2.45, 2.75) is 69.9 Å². The number of halogens is 1. The fraction of sp³-hybridized carbons (Fsp3) is 0.704. The van der Waals surface area contributed by atoms with E-state index in [1.165, 1.54) is 32.1 Å². The van der Waals surface area contributed by atoms with E-state index in [4.69, 9.17) is 16.3 Å². The van der Waals surface area contributed by atoms with Crippen LogP contribution in [0.3, 0.4) is 0 Å². The van der Waals surface area contributed by atoms with Gasteiger partial charge < -0.3 is 25.6 Å². The maximum atomic E-state index is 13.3. The van der Waals surface area contributed by atoms with Crippen molar-refractivity contribution in [3.63, 3.8) is 0 Å². The van der Waals surface area contributed by atoms with Crippen LogP contribution in [-0.4, -0.2) is 63.2 Å². The zero-order valence-electron chi connectivity index (χ0n) is 21.4. The molecule has 1 unspecified atom stereocenters. The lowest BCUT2D eigenvalue weighted by atomic mass is 9.85. The summed E-state index contributed by atoms with van der Waals surface area (Å²) in [5.74, 6) is 0.796. The number of likely N-dealkylation sites (N-methyl/N-ethyl adjacent to an activating group) is 1. The van der Waals surface area contributed by atoms with Crippen molar-refractivity contribution in [3.05, 3.63) is 34.9 Å². The number of hydrogen-bond acceptors (Lipinski definition) is 4. The Morgan fingerprint density at radius 2 is 1.94 bits per heavy atom. The molecule has 2 aliphatic rings. The average Bonchev–Trinajstić information content (AvgIpc) is 2.87. The van der Waals surface area contributed by atoms with Crippen LogP contribution < -0.4 is 16.0 Å². The van der Waals surface area contributed by atoms with Crippen LogP contribution >= 0.6 is 11.6 Å². The second-order valence-electron chi connectivity index (χ2n) is 10.1. The van der Waals surface area contributed by atoms with Crippen LogP contribution in [0.1, 0.15) is 69.5 Å². The van der Waals surface area contributed by atoms with Crippen LogP contribution in [0.5, 0.6) is 0 Å². The van der Waals surface area contributed by atoms with Gasteiger partial charge in [0.1, 0.15) is 0 Å². The first-order valence-corrected chi connectivity index (χ1v) is 13.7. The number of nitrogens with zero attached hydrogens (tertiary/aromatic N) is 1. The van der Waals surface area contributed by atoms with Gasteiger partial charge in [0.15, 0.2) is 0 Å². The number of piperidine rings is 1. The predicted octanol–water partition coefficient (Wildman–Crippen LogP) is 4.51. The van der Waals surface area contributed by atoms with Gasteiger partial charge in [-0.15, -0.1) is 0 Å². The van der Waals surface area contributed by atoms with Gasteiger partial charge in [0.05, 0.1) is 12.7 Å². The summed E-state index contributed by atoms with van der Waals surface area (Å²) in [6, 6.07) is 7.88. The third-order valence-electron chi connectivity index (χ3n) is 7.38. The Balaban J connectivity index is 1.63. The Hall–Kier alpha value is -1.83. The molecule has 2 fully saturated rings. The van der Waals surface area contributed by atoms with E-state index < -0.39 is 0 Å². The minimum atomic E-state index is -0.218. The van der Waals surface area contributed by atoms with E-state index in [0.717, 1.165) is 37.9 Å². The molecule has 3 atom stereocenters. The molecule has 0 bridgehead atoms. The number of rotatable bonds is 11. The van der Waals surface area contributed by atoms with Crippen LogP contribution in [0.15, 0.2) is 24.3 Å². The second-order valence-corrected chi connectivity index (χ2v) is 10.5. The van der Waals surface area contributed by atoms with Gasteiger partial charge in [-0.2, -0.15) is 0 Å². The summed E-state index contributed by atoms with van der Waals surface area (Å²) in [4.78, 5) is 27.0. The number of amides is 3. The van der Waals surface area contributed by atoms with Gasteiger partial charge >= 0.3 is 6.03 Å². The van der Waals surface area contributed by atoms with Crippen molar-refractivity contribution in [3.8, 4) is 0 Å². The van der Waals surface area contributed by atoms with E-state index >= 15 is 0 Å². The molecule has 3 amide bonds. The molecule has 35 heavy (non-hydrogen) atoms. The molecular formula is C27H43ClN4O3. The van der Waals surface area contributed by atoms with E-state index in [2.05, 4.69) is 16.0 Å². The van der Waals surface area contributed by atoms with Gasteiger partial charge in [-0.05, 0) is 49.9 Å². The molecule has 1 saturated heterocycles. The van der Waals surface area contributed by atoms with Gasteiger partial charge in [-0.3, -0.25) is 4.79 Å². The molecule has 3 rings (SSSR count). The highest BCUT2D eigenvalue weighted by atomic mass is 35.5. The van der Waals surface area contributed by atoms with Gasteiger partial charge in [0, 0.05) is 50.1 Å². The third-order valence-corrected chi connectivity index (χ3v) is 7.61. The van der Waals surface area contributed by atoms with Crippen LogP contribution in [0.4, 0.5) is 4.79 Å².